The maximum absolute atomic E-state index is 11.9. The predicted molar refractivity (Wildman–Crippen MR) is 73.4 cm³/mol. The first-order valence-corrected chi connectivity index (χ1v) is 6.19. The Kier molecular flexibility index (Phi) is 4.41. The minimum atomic E-state index is -0.289. The molecule has 0 bridgehead atoms. The van der Waals surface area contributed by atoms with Crippen molar-refractivity contribution in [1.29, 1.82) is 0 Å². The monoisotopic (exact) mass is 279 g/mol. The Morgan fingerprint density at radius 1 is 1.55 bits per heavy atom. The van der Waals surface area contributed by atoms with Crippen molar-refractivity contribution in [1.82, 2.24) is 4.90 Å². The van der Waals surface area contributed by atoms with E-state index in [2.05, 4.69) is 5.32 Å². The molecular formula is C13H17N3O4. The first-order chi connectivity index (χ1) is 9.60. The number of morpholine rings is 1. The molecule has 1 aromatic carbocycles. The maximum Gasteiger partial charge on any atom is 0.249 e. The summed E-state index contributed by atoms with van der Waals surface area (Å²) in [7, 11) is 1.50. The van der Waals surface area contributed by atoms with Crippen LogP contribution in [0.25, 0.3) is 0 Å². The van der Waals surface area contributed by atoms with Crippen LogP contribution in [0.2, 0.25) is 0 Å². The standard InChI is InChI=1S/C13H17N3O4/c1-19-11-6-9(14)2-3-10(11)15-12(17)7-16-4-5-20-8-13(16)18/h2-3,6H,4-5,7-8,14H2,1H3,(H,15,17). The quantitative estimate of drug-likeness (QED) is 0.761. The SMILES string of the molecule is COc1cc(N)ccc1NC(=O)CN1CCOCC1=O. The molecule has 0 aromatic heterocycles. The van der Waals surface area contributed by atoms with E-state index in [1.54, 1.807) is 18.2 Å². The van der Waals surface area contributed by atoms with E-state index in [9.17, 15) is 9.59 Å². The molecule has 7 heteroatoms. The van der Waals surface area contributed by atoms with Gasteiger partial charge in [-0.3, -0.25) is 9.59 Å². The largest absolute Gasteiger partial charge is 0.494 e. The van der Waals surface area contributed by atoms with Crippen LogP contribution in [0.15, 0.2) is 18.2 Å². The molecule has 0 radical (unpaired) electrons. The summed E-state index contributed by atoms with van der Waals surface area (Å²) in [6.07, 6.45) is 0. The van der Waals surface area contributed by atoms with Gasteiger partial charge in [0, 0.05) is 18.3 Å². The van der Waals surface area contributed by atoms with E-state index in [1.165, 1.54) is 12.0 Å². The van der Waals surface area contributed by atoms with Gasteiger partial charge in [-0.1, -0.05) is 0 Å². The number of amides is 2. The lowest BCUT2D eigenvalue weighted by atomic mass is 10.2. The van der Waals surface area contributed by atoms with Gasteiger partial charge in [0.1, 0.15) is 18.9 Å². The topological polar surface area (TPSA) is 93.9 Å². The number of carbonyl (C=O) groups is 2. The average molecular weight is 279 g/mol. The number of anilines is 2. The van der Waals surface area contributed by atoms with Crippen LogP contribution in [-0.2, 0) is 14.3 Å². The van der Waals surface area contributed by atoms with Crippen LogP contribution in [0, 0.1) is 0 Å². The van der Waals surface area contributed by atoms with Crippen LogP contribution >= 0.6 is 0 Å². The highest BCUT2D eigenvalue weighted by Gasteiger charge is 2.21. The molecular weight excluding hydrogens is 262 g/mol. The number of hydrogen-bond acceptors (Lipinski definition) is 5. The Morgan fingerprint density at radius 3 is 3.05 bits per heavy atom. The number of nitrogens with one attached hydrogen (secondary N) is 1. The van der Waals surface area contributed by atoms with Crippen molar-refractivity contribution in [2.45, 2.75) is 0 Å². The molecule has 0 saturated carbocycles. The van der Waals surface area contributed by atoms with Crippen molar-refractivity contribution in [2.24, 2.45) is 0 Å². The highest BCUT2D eigenvalue weighted by molar-refractivity contribution is 5.96. The van der Waals surface area contributed by atoms with Crippen LogP contribution in [-0.4, -0.2) is 50.1 Å². The Bertz CT molecular complexity index is 518. The Morgan fingerprint density at radius 2 is 2.35 bits per heavy atom. The smallest absolute Gasteiger partial charge is 0.249 e. The van der Waals surface area contributed by atoms with E-state index in [4.69, 9.17) is 15.2 Å². The van der Waals surface area contributed by atoms with Gasteiger partial charge in [-0.25, -0.2) is 0 Å². The third kappa shape index (κ3) is 3.39. The van der Waals surface area contributed by atoms with Crippen LogP contribution in [0.3, 0.4) is 0 Å². The number of rotatable bonds is 4. The van der Waals surface area contributed by atoms with Crippen molar-refractivity contribution in [3.63, 3.8) is 0 Å². The normalized spacial score (nSPS) is 15.1. The molecule has 0 spiro atoms. The number of benzene rings is 1. The third-order valence-electron chi connectivity index (χ3n) is 2.92. The van der Waals surface area contributed by atoms with Crippen molar-refractivity contribution in [3.8, 4) is 5.75 Å². The van der Waals surface area contributed by atoms with Crippen molar-refractivity contribution in [2.75, 3.05) is 44.5 Å². The van der Waals surface area contributed by atoms with E-state index in [0.29, 0.717) is 30.3 Å². The van der Waals surface area contributed by atoms with Gasteiger partial charge in [0.15, 0.2) is 0 Å². The lowest BCUT2D eigenvalue weighted by Crippen LogP contribution is -2.45. The van der Waals surface area contributed by atoms with Crippen LogP contribution in [0.5, 0.6) is 5.75 Å². The zero-order valence-electron chi connectivity index (χ0n) is 11.2. The van der Waals surface area contributed by atoms with Gasteiger partial charge >= 0.3 is 0 Å². The number of carbonyl (C=O) groups excluding carboxylic acids is 2. The van der Waals surface area contributed by atoms with Gasteiger partial charge in [0.05, 0.1) is 19.4 Å². The first-order valence-electron chi connectivity index (χ1n) is 6.19. The van der Waals surface area contributed by atoms with Gasteiger partial charge in [0.2, 0.25) is 11.8 Å². The van der Waals surface area contributed by atoms with E-state index in [-0.39, 0.29) is 25.0 Å². The molecule has 7 nitrogen and oxygen atoms in total. The maximum atomic E-state index is 11.9. The number of ether oxygens (including phenoxy) is 2. The lowest BCUT2D eigenvalue weighted by molar-refractivity contribution is -0.144. The summed E-state index contributed by atoms with van der Waals surface area (Å²) in [5, 5.41) is 2.70. The summed E-state index contributed by atoms with van der Waals surface area (Å²) in [5.41, 5.74) is 6.71. The number of nitrogens with two attached hydrogens (primary N) is 1. The van der Waals surface area contributed by atoms with Crippen molar-refractivity contribution in [3.05, 3.63) is 18.2 Å². The fourth-order valence-electron chi connectivity index (χ4n) is 1.89. The molecule has 1 aromatic rings. The number of nitrogens with zero attached hydrogens (tertiary/aromatic N) is 1. The number of methoxy groups -OCH3 is 1. The van der Waals surface area contributed by atoms with Crippen LogP contribution in [0.4, 0.5) is 11.4 Å². The molecule has 3 N–H and O–H groups in total. The highest BCUT2D eigenvalue weighted by Crippen LogP contribution is 2.26. The van der Waals surface area contributed by atoms with Gasteiger partial charge in [-0.2, -0.15) is 0 Å². The van der Waals surface area contributed by atoms with Gasteiger partial charge < -0.3 is 25.4 Å². The highest BCUT2D eigenvalue weighted by atomic mass is 16.5. The Labute approximate surface area is 116 Å². The van der Waals surface area contributed by atoms with Gasteiger partial charge in [-0.05, 0) is 12.1 Å². The second-order valence-electron chi connectivity index (χ2n) is 4.38. The zero-order chi connectivity index (χ0) is 14.5. The average Bonchev–Trinajstić information content (AvgIpc) is 2.43. The minimum Gasteiger partial charge on any atom is -0.494 e. The predicted octanol–water partition coefficient (Wildman–Crippen LogP) is 0.0747. The van der Waals surface area contributed by atoms with Gasteiger partial charge in [0.25, 0.3) is 0 Å². The molecule has 20 heavy (non-hydrogen) atoms. The zero-order valence-corrected chi connectivity index (χ0v) is 11.2. The van der Waals surface area contributed by atoms with Gasteiger partial charge in [-0.15, -0.1) is 0 Å². The molecule has 0 unspecified atom stereocenters. The molecule has 1 heterocycles. The first kappa shape index (κ1) is 14.1. The lowest BCUT2D eigenvalue weighted by Gasteiger charge is -2.26. The molecule has 1 saturated heterocycles. The molecule has 0 aliphatic carbocycles. The summed E-state index contributed by atoms with van der Waals surface area (Å²) >= 11 is 0. The fraction of sp³-hybridized carbons (Fsp3) is 0.385. The molecule has 2 rings (SSSR count). The molecule has 1 aliphatic rings. The number of nitrogen functional groups attached to an aromatic ring is 1. The molecule has 2 amide bonds. The summed E-state index contributed by atoms with van der Waals surface area (Å²) in [5.74, 6) is 0.00523. The van der Waals surface area contributed by atoms with Crippen molar-refractivity contribution >= 4 is 23.2 Å². The van der Waals surface area contributed by atoms with E-state index in [1.807, 2.05) is 0 Å². The minimum absolute atomic E-state index is 0.00424. The molecule has 108 valence electrons. The molecule has 0 atom stereocenters. The Hall–Kier alpha value is -2.28. The van der Waals surface area contributed by atoms with Crippen LogP contribution in [0.1, 0.15) is 0 Å². The summed E-state index contributed by atoms with van der Waals surface area (Å²) in [4.78, 5) is 24.9. The second-order valence-corrected chi connectivity index (χ2v) is 4.38. The number of hydrogen-bond donors (Lipinski definition) is 2. The van der Waals surface area contributed by atoms with Crippen LogP contribution < -0.4 is 15.8 Å². The molecule has 1 aliphatic heterocycles. The summed E-state index contributed by atoms with van der Waals surface area (Å²) in [6, 6.07) is 4.95. The van der Waals surface area contributed by atoms with E-state index < -0.39 is 0 Å². The van der Waals surface area contributed by atoms with E-state index >= 15 is 0 Å². The van der Waals surface area contributed by atoms with Crippen molar-refractivity contribution < 1.29 is 19.1 Å². The second kappa shape index (κ2) is 6.25. The fourth-order valence-corrected chi connectivity index (χ4v) is 1.89. The van der Waals surface area contributed by atoms with E-state index in [0.717, 1.165) is 0 Å². The summed E-state index contributed by atoms with van der Waals surface area (Å²) in [6.45, 7) is 0.892. The Balaban J connectivity index is 1.99. The molecule has 1 fully saturated rings. The summed E-state index contributed by atoms with van der Waals surface area (Å²) < 4.78 is 10.1. The third-order valence-corrected chi connectivity index (χ3v) is 2.92.